The van der Waals surface area contributed by atoms with Crippen LogP contribution >= 0.6 is 23.6 Å². The first-order valence-electron chi connectivity index (χ1n) is 9.45. The molecule has 0 unspecified atom stereocenters. The summed E-state index contributed by atoms with van der Waals surface area (Å²) in [5.41, 5.74) is 2.64. The first kappa shape index (κ1) is 20.7. The SMILES string of the molecule is O=C(Nc1n[nH]c(=S)s1)N[C@@H](Cc1ccccc1)C(=O)NCc1nc2ccccc2[nH]1. The Morgan fingerprint density at radius 3 is 2.61 bits per heavy atom. The molecule has 0 aliphatic rings. The van der Waals surface area contributed by atoms with Crippen LogP contribution in [0.15, 0.2) is 54.6 Å². The number of amides is 3. The number of aromatic nitrogens is 4. The Morgan fingerprint density at radius 2 is 1.87 bits per heavy atom. The maximum absolute atomic E-state index is 12.9. The van der Waals surface area contributed by atoms with E-state index in [4.69, 9.17) is 12.2 Å². The minimum Gasteiger partial charge on any atom is -0.347 e. The van der Waals surface area contributed by atoms with Crippen molar-refractivity contribution in [3.8, 4) is 0 Å². The van der Waals surface area contributed by atoms with Crippen molar-refractivity contribution in [2.24, 2.45) is 0 Å². The van der Waals surface area contributed by atoms with Crippen LogP contribution in [0.1, 0.15) is 11.4 Å². The number of nitrogens with zero attached hydrogens (tertiary/aromatic N) is 2. The van der Waals surface area contributed by atoms with E-state index >= 15 is 0 Å². The van der Waals surface area contributed by atoms with E-state index in [1.165, 1.54) is 0 Å². The highest BCUT2D eigenvalue weighted by atomic mass is 32.1. The zero-order chi connectivity index (χ0) is 21.6. The summed E-state index contributed by atoms with van der Waals surface area (Å²) < 4.78 is 0.444. The molecule has 4 rings (SSSR count). The van der Waals surface area contributed by atoms with Gasteiger partial charge in [-0.05, 0) is 29.9 Å². The number of H-pyrrole nitrogens is 2. The van der Waals surface area contributed by atoms with Crippen molar-refractivity contribution in [2.45, 2.75) is 19.0 Å². The fourth-order valence-electron chi connectivity index (χ4n) is 3.02. The number of imidazole rings is 1. The molecule has 1 atom stereocenters. The van der Waals surface area contributed by atoms with Gasteiger partial charge in [0.25, 0.3) is 0 Å². The lowest BCUT2D eigenvalue weighted by molar-refractivity contribution is -0.123. The normalized spacial score (nSPS) is 11.7. The van der Waals surface area contributed by atoms with Crippen molar-refractivity contribution < 1.29 is 9.59 Å². The molecule has 2 aromatic carbocycles. The molecular formula is C20H19N7O2S2. The zero-order valence-corrected chi connectivity index (χ0v) is 17.8. The van der Waals surface area contributed by atoms with Gasteiger partial charge in [-0.25, -0.2) is 9.78 Å². The fraction of sp³-hybridized carbons (Fsp3) is 0.150. The lowest BCUT2D eigenvalue weighted by Gasteiger charge is -2.18. The summed E-state index contributed by atoms with van der Waals surface area (Å²) in [5.74, 6) is 0.308. The molecular weight excluding hydrogens is 434 g/mol. The molecule has 0 radical (unpaired) electrons. The molecule has 9 nitrogen and oxygen atoms in total. The monoisotopic (exact) mass is 453 g/mol. The van der Waals surface area contributed by atoms with Crippen molar-refractivity contribution in [2.75, 3.05) is 5.32 Å². The third kappa shape index (κ3) is 5.53. The molecule has 11 heteroatoms. The van der Waals surface area contributed by atoms with Gasteiger partial charge in [0, 0.05) is 6.42 Å². The summed E-state index contributed by atoms with van der Waals surface area (Å²) >= 11 is 6.09. The molecule has 158 valence electrons. The summed E-state index contributed by atoms with van der Waals surface area (Å²) in [6.07, 6.45) is 0.330. The van der Waals surface area contributed by atoms with Crippen molar-refractivity contribution in [3.05, 3.63) is 69.9 Å². The molecule has 31 heavy (non-hydrogen) atoms. The van der Waals surface area contributed by atoms with Crippen LogP contribution < -0.4 is 16.0 Å². The molecule has 4 aromatic rings. The molecule has 0 spiro atoms. The average molecular weight is 454 g/mol. The van der Waals surface area contributed by atoms with E-state index in [0.717, 1.165) is 27.9 Å². The second-order valence-electron chi connectivity index (χ2n) is 6.68. The van der Waals surface area contributed by atoms with Gasteiger partial charge in [-0.15, -0.1) is 5.10 Å². The highest BCUT2D eigenvalue weighted by Crippen LogP contribution is 2.12. The van der Waals surface area contributed by atoms with Crippen LogP contribution in [-0.2, 0) is 17.8 Å². The van der Waals surface area contributed by atoms with E-state index in [1.807, 2.05) is 54.6 Å². The summed E-state index contributed by atoms with van der Waals surface area (Å²) in [6, 6.07) is 15.8. The summed E-state index contributed by atoms with van der Waals surface area (Å²) in [6.45, 7) is 0.211. The minimum absolute atomic E-state index is 0.211. The number of nitrogens with one attached hydrogen (secondary N) is 5. The van der Waals surface area contributed by atoms with E-state index in [2.05, 4.69) is 36.1 Å². The van der Waals surface area contributed by atoms with Gasteiger partial charge in [-0.1, -0.05) is 53.8 Å². The van der Waals surface area contributed by atoms with Crippen molar-refractivity contribution >= 4 is 51.7 Å². The quantitative estimate of drug-likeness (QED) is 0.275. The molecule has 0 aliphatic heterocycles. The number of benzene rings is 2. The Bertz CT molecular complexity index is 1220. The first-order valence-corrected chi connectivity index (χ1v) is 10.7. The lowest BCUT2D eigenvalue weighted by Crippen LogP contribution is -2.49. The summed E-state index contributed by atoms with van der Waals surface area (Å²) in [7, 11) is 0. The van der Waals surface area contributed by atoms with Crippen molar-refractivity contribution in [1.29, 1.82) is 0 Å². The predicted octanol–water partition coefficient (Wildman–Crippen LogP) is 3.13. The van der Waals surface area contributed by atoms with Crippen LogP contribution in [0.25, 0.3) is 11.0 Å². The van der Waals surface area contributed by atoms with E-state index in [-0.39, 0.29) is 12.5 Å². The highest BCUT2D eigenvalue weighted by molar-refractivity contribution is 7.73. The maximum Gasteiger partial charge on any atom is 0.321 e. The highest BCUT2D eigenvalue weighted by Gasteiger charge is 2.22. The second kappa shape index (κ2) is 9.49. The van der Waals surface area contributed by atoms with Crippen molar-refractivity contribution in [1.82, 2.24) is 30.8 Å². The van der Waals surface area contributed by atoms with Gasteiger partial charge in [-0.3, -0.25) is 15.2 Å². The van der Waals surface area contributed by atoms with Crippen LogP contribution in [0, 0.1) is 3.95 Å². The molecule has 0 aliphatic carbocycles. The Morgan fingerprint density at radius 1 is 1.10 bits per heavy atom. The van der Waals surface area contributed by atoms with Gasteiger partial charge in [0.05, 0.1) is 17.6 Å². The number of urea groups is 1. The first-order chi connectivity index (χ1) is 15.1. The largest absolute Gasteiger partial charge is 0.347 e. The molecule has 3 amide bonds. The second-order valence-corrected chi connectivity index (χ2v) is 8.34. The molecule has 0 bridgehead atoms. The smallest absolute Gasteiger partial charge is 0.321 e. The Labute approximate surface area is 186 Å². The Kier molecular flexibility index (Phi) is 6.34. The molecule has 0 saturated heterocycles. The molecule has 2 heterocycles. The lowest BCUT2D eigenvalue weighted by atomic mass is 10.1. The van der Waals surface area contributed by atoms with Crippen LogP contribution in [0.3, 0.4) is 0 Å². The molecule has 0 fully saturated rings. The average Bonchev–Trinajstić information content (AvgIpc) is 3.37. The topological polar surface area (TPSA) is 128 Å². The van der Waals surface area contributed by atoms with Crippen LogP contribution in [-0.4, -0.2) is 38.1 Å². The third-order valence-corrected chi connectivity index (χ3v) is 5.44. The van der Waals surface area contributed by atoms with E-state index in [0.29, 0.717) is 21.3 Å². The third-order valence-electron chi connectivity index (χ3n) is 4.43. The summed E-state index contributed by atoms with van der Waals surface area (Å²) in [5, 5.41) is 14.9. The minimum atomic E-state index is -0.793. The molecule has 0 saturated carbocycles. The van der Waals surface area contributed by atoms with Crippen LogP contribution in [0.5, 0.6) is 0 Å². The number of aromatic amines is 2. The number of carbonyl (C=O) groups is 2. The van der Waals surface area contributed by atoms with Gasteiger partial charge in [-0.2, -0.15) is 0 Å². The van der Waals surface area contributed by atoms with Gasteiger partial charge in [0.1, 0.15) is 11.9 Å². The number of hydrogen-bond donors (Lipinski definition) is 5. The van der Waals surface area contributed by atoms with Gasteiger partial charge in [0.15, 0.2) is 3.95 Å². The van der Waals surface area contributed by atoms with Crippen LogP contribution in [0.4, 0.5) is 9.93 Å². The Balaban J connectivity index is 1.43. The number of carbonyl (C=O) groups excluding carboxylic acids is 2. The number of fused-ring (bicyclic) bond motifs is 1. The Hall–Kier alpha value is -3.57. The van der Waals surface area contributed by atoms with E-state index < -0.39 is 12.1 Å². The van der Waals surface area contributed by atoms with E-state index in [9.17, 15) is 9.59 Å². The molecule has 2 aromatic heterocycles. The molecule has 5 N–H and O–H groups in total. The van der Waals surface area contributed by atoms with Gasteiger partial charge >= 0.3 is 6.03 Å². The maximum atomic E-state index is 12.9. The number of para-hydroxylation sites is 2. The predicted molar refractivity (Wildman–Crippen MR) is 121 cm³/mol. The van der Waals surface area contributed by atoms with Crippen LogP contribution in [0.2, 0.25) is 0 Å². The zero-order valence-electron chi connectivity index (χ0n) is 16.2. The van der Waals surface area contributed by atoms with E-state index in [1.54, 1.807) is 0 Å². The van der Waals surface area contributed by atoms with Gasteiger partial charge in [0.2, 0.25) is 11.0 Å². The van der Waals surface area contributed by atoms with Gasteiger partial charge < -0.3 is 15.6 Å². The number of hydrogen-bond acceptors (Lipinski definition) is 6. The fourth-order valence-corrected chi connectivity index (χ4v) is 3.80. The number of rotatable bonds is 7. The number of anilines is 1. The van der Waals surface area contributed by atoms with Crippen molar-refractivity contribution in [3.63, 3.8) is 0 Å². The standard InChI is InChI=1S/C20H19N7O2S2/c28-17(21-11-16-22-13-8-4-5-9-14(13)23-16)15(10-12-6-2-1-3-7-12)24-18(29)25-19-26-27-20(30)31-19/h1-9,15H,10-11H2,(H,21,28)(H,22,23)(H,27,30)(H2,24,25,26,29)/t15-/m0/s1. The summed E-state index contributed by atoms with van der Waals surface area (Å²) in [4.78, 5) is 32.9.